The standard InChI is InChI=1S/C18H24ClFN2O4P2/c19-16-5-3-15(4-6-16)18(11-22,12-27(23)24)26-28(25)10-14(9-21)13-1-7-17(20)8-2-13/h1-8,14,23-25H,9-12,21-22H2. The van der Waals surface area contributed by atoms with Gasteiger partial charge in [-0.25, -0.2) is 4.39 Å². The van der Waals surface area contributed by atoms with Crippen LogP contribution in [0.3, 0.4) is 0 Å². The molecule has 154 valence electrons. The second-order valence-corrected chi connectivity index (χ2v) is 9.10. The minimum atomic E-state index is -2.33. The van der Waals surface area contributed by atoms with Crippen molar-refractivity contribution in [3.8, 4) is 0 Å². The van der Waals surface area contributed by atoms with Crippen LogP contribution in [0, 0.1) is 5.82 Å². The van der Waals surface area contributed by atoms with E-state index in [2.05, 4.69) is 0 Å². The van der Waals surface area contributed by atoms with Gasteiger partial charge in [-0.3, -0.25) is 0 Å². The van der Waals surface area contributed by atoms with Gasteiger partial charge in [-0.15, -0.1) is 0 Å². The molecule has 0 spiro atoms. The first-order chi connectivity index (χ1) is 13.3. The van der Waals surface area contributed by atoms with Gasteiger partial charge in [0.05, 0.1) is 6.16 Å². The van der Waals surface area contributed by atoms with E-state index < -0.39 is 22.4 Å². The van der Waals surface area contributed by atoms with Gasteiger partial charge < -0.3 is 30.7 Å². The van der Waals surface area contributed by atoms with Crippen molar-refractivity contribution in [2.24, 2.45) is 11.5 Å². The lowest BCUT2D eigenvalue weighted by atomic mass is 9.96. The van der Waals surface area contributed by atoms with Crippen molar-refractivity contribution >= 4 is 28.4 Å². The van der Waals surface area contributed by atoms with Crippen molar-refractivity contribution < 1.29 is 23.6 Å². The van der Waals surface area contributed by atoms with E-state index in [1.807, 2.05) is 0 Å². The Balaban J connectivity index is 2.22. The Kier molecular flexibility index (Phi) is 9.16. The molecule has 0 aliphatic heterocycles. The number of hydrogen-bond acceptors (Lipinski definition) is 6. The molecule has 0 amide bonds. The van der Waals surface area contributed by atoms with Crippen LogP contribution in [0.5, 0.6) is 0 Å². The molecule has 3 unspecified atom stereocenters. The van der Waals surface area contributed by atoms with Crippen LogP contribution < -0.4 is 11.5 Å². The van der Waals surface area contributed by atoms with Gasteiger partial charge >= 0.3 is 0 Å². The van der Waals surface area contributed by atoms with E-state index in [1.54, 1.807) is 36.4 Å². The van der Waals surface area contributed by atoms with Gasteiger partial charge in [0.1, 0.15) is 11.4 Å². The average Bonchev–Trinajstić information content (AvgIpc) is 2.66. The van der Waals surface area contributed by atoms with Crippen LogP contribution in [0.25, 0.3) is 0 Å². The highest BCUT2D eigenvalue weighted by molar-refractivity contribution is 7.46. The first-order valence-corrected chi connectivity index (χ1v) is 11.7. The van der Waals surface area contributed by atoms with Crippen LogP contribution in [0.2, 0.25) is 5.02 Å². The van der Waals surface area contributed by atoms with Gasteiger partial charge in [0, 0.05) is 23.6 Å². The van der Waals surface area contributed by atoms with E-state index in [4.69, 9.17) is 27.6 Å². The van der Waals surface area contributed by atoms with Crippen molar-refractivity contribution in [2.75, 3.05) is 25.4 Å². The van der Waals surface area contributed by atoms with E-state index in [0.29, 0.717) is 10.6 Å². The quantitative estimate of drug-likeness (QED) is 0.356. The molecule has 0 heterocycles. The molecular weight excluding hydrogens is 425 g/mol. The van der Waals surface area contributed by atoms with Crippen LogP contribution in [-0.2, 0) is 10.1 Å². The maximum Gasteiger partial charge on any atom is 0.169 e. The van der Waals surface area contributed by atoms with Gasteiger partial charge in [-0.1, -0.05) is 35.9 Å². The molecule has 2 rings (SSSR count). The number of rotatable bonds is 10. The topological polar surface area (TPSA) is 122 Å². The highest BCUT2D eigenvalue weighted by Crippen LogP contribution is 2.48. The Bertz CT molecular complexity index is 739. The Morgan fingerprint density at radius 2 is 1.64 bits per heavy atom. The normalized spacial score (nSPS) is 16.0. The summed E-state index contributed by atoms with van der Waals surface area (Å²) >= 11 is 5.93. The molecule has 0 aliphatic carbocycles. The first-order valence-electron chi connectivity index (χ1n) is 8.52. The highest BCUT2D eigenvalue weighted by Gasteiger charge is 2.38. The fraction of sp³-hybridized carbons (Fsp3) is 0.333. The summed E-state index contributed by atoms with van der Waals surface area (Å²) in [5, 5.41) is 0.510. The first kappa shape index (κ1) is 23.6. The molecule has 10 heteroatoms. The maximum atomic E-state index is 13.2. The third-order valence-corrected chi connectivity index (χ3v) is 6.74. The summed E-state index contributed by atoms with van der Waals surface area (Å²) in [6.45, 7) is 0.162. The summed E-state index contributed by atoms with van der Waals surface area (Å²) < 4.78 is 19.1. The predicted octanol–water partition coefficient (Wildman–Crippen LogP) is 2.99. The Morgan fingerprint density at radius 3 is 2.14 bits per heavy atom. The number of hydrogen-bond donors (Lipinski definition) is 5. The minimum absolute atomic E-state index is 0.0716. The van der Waals surface area contributed by atoms with Crippen molar-refractivity contribution in [1.29, 1.82) is 0 Å². The lowest BCUT2D eigenvalue weighted by molar-refractivity contribution is 0.0986. The molecule has 0 saturated heterocycles. The van der Waals surface area contributed by atoms with E-state index in [1.165, 1.54) is 12.1 Å². The molecule has 0 radical (unpaired) electrons. The molecule has 3 atom stereocenters. The van der Waals surface area contributed by atoms with Gasteiger partial charge in [-0.05, 0) is 41.9 Å². The Morgan fingerprint density at radius 1 is 1.04 bits per heavy atom. The summed E-state index contributed by atoms with van der Waals surface area (Å²) in [7, 11) is -4.34. The summed E-state index contributed by atoms with van der Waals surface area (Å²) in [6, 6.07) is 12.5. The predicted molar refractivity (Wildman–Crippen MR) is 112 cm³/mol. The number of benzene rings is 2. The third-order valence-electron chi connectivity index (χ3n) is 4.38. The number of halogens is 2. The second-order valence-electron chi connectivity index (χ2n) is 6.35. The second kappa shape index (κ2) is 10.9. The molecule has 28 heavy (non-hydrogen) atoms. The number of nitrogens with two attached hydrogens (primary N) is 2. The Labute approximate surface area is 171 Å². The van der Waals surface area contributed by atoms with Crippen LogP contribution in [0.1, 0.15) is 17.0 Å². The third kappa shape index (κ3) is 6.39. The molecular formula is C18H24ClFN2O4P2. The molecule has 2 aromatic carbocycles. The van der Waals surface area contributed by atoms with E-state index in [0.717, 1.165) is 5.56 Å². The zero-order chi connectivity index (χ0) is 20.7. The summed E-state index contributed by atoms with van der Waals surface area (Å²) in [4.78, 5) is 29.9. The smallest absolute Gasteiger partial charge is 0.169 e. The van der Waals surface area contributed by atoms with Crippen LogP contribution >= 0.6 is 28.4 Å². The lowest BCUT2D eigenvalue weighted by Crippen LogP contribution is -2.40. The van der Waals surface area contributed by atoms with Crippen molar-refractivity contribution in [3.63, 3.8) is 0 Å². The fourth-order valence-corrected chi connectivity index (χ4v) is 5.37. The van der Waals surface area contributed by atoms with Crippen molar-refractivity contribution in [3.05, 3.63) is 70.5 Å². The van der Waals surface area contributed by atoms with Crippen LogP contribution in [-0.4, -0.2) is 40.1 Å². The SMILES string of the molecule is NCC(CP(O)OC(CN)(CP(O)O)c1ccc(Cl)cc1)c1ccc(F)cc1. The molecule has 6 nitrogen and oxygen atoms in total. The monoisotopic (exact) mass is 448 g/mol. The van der Waals surface area contributed by atoms with Crippen LogP contribution in [0.15, 0.2) is 48.5 Å². The summed E-state index contributed by atoms with van der Waals surface area (Å²) in [6.07, 6.45) is 0.0330. The molecule has 0 bridgehead atoms. The minimum Gasteiger partial charge on any atom is -0.350 e. The maximum absolute atomic E-state index is 13.2. The zero-order valence-corrected chi connectivity index (χ0v) is 17.6. The average molecular weight is 449 g/mol. The molecule has 0 aliphatic rings. The lowest BCUT2D eigenvalue weighted by Gasteiger charge is -2.35. The zero-order valence-electron chi connectivity index (χ0n) is 15.1. The van der Waals surface area contributed by atoms with Gasteiger partial charge in [0.2, 0.25) is 0 Å². The molecule has 0 fully saturated rings. The molecule has 0 saturated carbocycles. The van der Waals surface area contributed by atoms with Gasteiger partial charge in [-0.2, -0.15) is 0 Å². The summed E-state index contributed by atoms with van der Waals surface area (Å²) in [5.74, 6) is -0.603. The van der Waals surface area contributed by atoms with Gasteiger partial charge in [0.25, 0.3) is 0 Å². The van der Waals surface area contributed by atoms with Gasteiger partial charge in [0.15, 0.2) is 16.8 Å². The fourth-order valence-electron chi connectivity index (χ4n) is 2.85. The van der Waals surface area contributed by atoms with E-state index in [9.17, 15) is 19.1 Å². The molecule has 2 aromatic rings. The Hall–Kier alpha value is -0.720. The van der Waals surface area contributed by atoms with Crippen molar-refractivity contribution in [1.82, 2.24) is 0 Å². The molecule has 7 N–H and O–H groups in total. The van der Waals surface area contributed by atoms with Crippen molar-refractivity contribution in [2.45, 2.75) is 11.5 Å². The highest BCUT2D eigenvalue weighted by atomic mass is 35.5. The van der Waals surface area contributed by atoms with E-state index in [-0.39, 0.29) is 37.1 Å². The van der Waals surface area contributed by atoms with Crippen LogP contribution in [0.4, 0.5) is 4.39 Å². The largest absolute Gasteiger partial charge is 0.350 e. The van der Waals surface area contributed by atoms with E-state index >= 15 is 0 Å². The molecule has 0 aromatic heterocycles. The summed E-state index contributed by atoms with van der Waals surface area (Å²) in [5.41, 5.74) is 11.9.